The molecule has 298 valence electrons. The number of carbonyl (C=O) groups excluding carboxylic acids is 4. The van der Waals surface area contributed by atoms with E-state index in [2.05, 4.69) is 46.3 Å². The fourth-order valence-electron chi connectivity index (χ4n) is 6.16. The summed E-state index contributed by atoms with van der Waals surface area (Å²) in [5, 5.41) is 13.4. The van der Waals surface area contributed by atoms with Gasteiger partial charge in [-0.2, -0.15) is 0 Å². The van der Waals surface area contributed by atoms with E-state index in [9.17, 15) is 32.3 Å². The lowest BCUT2D eigenvalue weighted by Crippen LogP contribution is -2.51. The number of halogens is 3. The lowest BCUT2D eigenvalue weighted by molar-refractivity contribution is -0.274. The third kappa shape index (κ3) is 10.5. The molecule has 6 N–H and O–H groups in total. The van der Waals surface area contributed by atoms with Crippen LogP contribution in [-0.2, 0) is 9.53 Å². The van der Waals surface area contributed by atoms with Crippen LogP contribution in [0, 0.1) is 5.92 Å². The summed E-state index contributed by atoms with van der Waals surface area (Å²) in [6, 6.07) is 12.1. The first-order valence-electron chi connectivity index (χ1n) is 17.9. The summed E-state index contributed by atoms with van der Waals surface area (Å²) < 4.78 is 49.8. The van der Waals surface area contributed by atoms with Gasteiger partial charge in [-0.15, -0.1) is 13.2 Å². The number of nitrogens with one attached hydrogen (secondary N) is 6. The van der Waals surface area contributed by atoms with Gasteiger partial charge in [0.15, 0.2) is 0 Å². The van der Waals surface area contributed by atoms with Crippen LogP contribution in [0.4, 0.5) is 34.3 Å². The van der Waals surface area contributed by atoms with Gasteiger partial charge < -0.3 is 45.9 Å². The molecule has 2 aromatic heterocycles. The number of carbonyl (C=O) groups is 4. The van der Waals surface area contributed by atoms with Crippen LogP contribution in [0.3, 0.4) is 0 Å². The van der Waals surface area contributed by atoms with Crippen LogP contribution in [0.15, 0.2) is 67.0 Å². The number of nitrogens with zero attached hydrogens (tertiary/aromatic N) is 3. The van der Waals surface area contributed by atoms with E-state index in [0.717, 1.165) is 12.5 Å². The predicted octanol–water partition coefficient (Wildman–Crippen LogP) is 6.06. The van der Waals surface area contributed by atoms with Crippen LogP contribution >= 0.6 is 0 Å². The Morgan fingerprint density at radius 1 is 0.964 bits per heavy atom. The Labute approximate surface area is 321 Å². The number of rotatable bonds is 13. The maximum atomic E-state index is 13.6. The minimum Gasteiger partial charge on any atom is -0.453 e. The number of H-pyrrole nitrogens is 1. The van der Waals surface area contributed by atoms with Gasteiger partial charge in [-0.25, -0.2) is 19.6 Å². The van der Waals surface area contributed by atoms with Crippen molar-refractivity contribution in [1.29, 1.82) is 0 Å². The Balaban J connectivity index is 1.28. The third-order valence-corrected chi connectivity index (χ3v) is 9.03. The van der Waals surface area contributed by atoms with Crippen molar-refractivity contribution in [2.75, 3.05) is 37.9 Å². The van der Waals surface area contributed by atoms with Crippen LogP contribution < -0.4 is 31.3 Å². The molecule has 0 spiro atoms. The molecule has 3 atom stereocenters. The lowest BCUT2D eigenvalue weighted by atomic mass is 10.0. The maximum absolute atomic E-state index is 13.6. The molecule has 0 bridgehead atoms. The molecule has 5 amide bonds. The molecule has 5 rings (SSSR count). The molecule has 0 radical (unpaired) electrons. The minimum absolute atomic E-state index is 0.0659. The highest BCUT2D eigenvalue weighted by Crippen LogP contribution is 2.38. The molecule has 4 aromatic rings. The molecule has 56 heavy (non-hydrogen) atoms. The number of aromatic amines is 1. The van der Waals surface area contributed by atoms with E-state index in [1.54, 1.807) is 48.4 Å². The highest BCUT2D eigenvalue weighted by Gasteiger charge is 2.37. The molecule has 0 saturated carbocycles. The van der Waals surface area contributed by atoms with Gasteiger partial charge in [-0.05, 0) is 61.1 Å². The zero-order chi connectivity index (χ0) is 40.6. The second-order valence-electron chi connectivity index (χ2n) is 13.5. The van der Waals surface area contributed by atoms with Gasteiger partial charge in [0.2, 0.25) is 5.91 Å². The molecule has 2 aromatic carbocycles. The van der Waals surface area contributed by atoms with Gasteiger partial charge in [0.1, 0.15) is 23.4 Å². The first-order chi connectivity index (χ1) is 26.6. The zero-order valence-corrected chi connectivity index (χ0v) is 31.4. The van der Waals surface area contributed by atoms with E-state index in [0.29, 0.717) is 48.0 Å². The summed E-state index contributed by atoms with van der Waals surface area (Å²) in [6.45, 7) is 6.33. The summed E-state index contributed by atoms with van der Waals surface area (Å²) in [4.78, 5) is 63.6. The number of alkyl carbamates (subject to hydrolysis) is 1. The Hall–Kier alpha value is -6.33. The number of alkyl halides is 3. The quantitative estimate of drug-likeness (QED) is 0.0936. The van der Waals surface area contributed by atoms with Crippen LogP contribution in [0.5, 0.6) is 5.75 Å². The summed E-state index contributed by atoms with van der Waals surface area (Å²) in [6.07, 6.45) is -1.35. The number of likely N-dealkylation sites (tertiary alicyclic amines) is 1. The van der Waals surface area contributed by atoms with E-state index >= 15 is 0 Å². The molecule has 0 aliphatic carbocycles. The van der Waals surface area contributed by atoms with E-state index in [4.69, 9.17) is 4.74 Å². The number of hydrogen-bond donors (Lipinski definition) is 6. The van der Waals surface area contributed by atoms with Crippen molar-refractivity contribution in [3.63, 3.8) is 0 Å². The fraction of sp³-hybridized carbons (Fsp3) is 0.368. The van der Waals surface area contributed by atoms with Gasteiger partial charge >= 0.3 is 18.5 Å². The van der Waals surface area contributed by atoms with E-state index in [1.165, 1.54) is 38.6 Å². The van der Waals surface area contributed by atoms with Gasteiger partial charge in [0, 0.05) is 49.7 Å². The molecular formula is C38H44F3N9O6. The van der Waals surface area contributed by atoms with Crippen molar-refractivity contribution in [3.8, 4) is 28.1 Å². The SMILES string of the molecule is CNC(=O)N[C@@H](C)CNc1ccc(C(=O)Nc2ccc(-c3ccc(-c4cnc([C@@H]5CCCN5C(=O)[C@@H](NC(=O)OC)C(C)C)[nH]4)cc3)c(OC(F)(F)F)c2)cn1. The van der Waals surface area contributed by atoms with Gasteiger partial charge in [-0.3, -0.25) is 9.59 Å². The number of amides is 5. The predicted molar refractivity (Wildman–Crippen MR) is 202 cm³/mol. The van der Waals surface area contributed by atoms with Gasteiger partial charge in [0.05, 0.1) is 30.6 Å². The molecular weight excluding hydrogens is 735 g/mol. The average Bonchev–Trinajstić information content (AvgIpc) is 3.86. The number of aromatic nitrogens is 3. The van der Waals surface area contributed by atoms with Gasteiger partial charge in [0.25, 0.3) is 5.91 Å². The Kier molecular flexibility index (Phi) is 13.0. The van der Waals surface area contributed by atoms with Crippen LogP contribution in [0.2, 0.25) is 0 Å². The van der Waals surface area contributed by atoms with Crippen molar-refractivity contribution >= 4 is 35.4 Å². The molecule has 1 aliphatic rings. The third-order valence-electron chi connectivity index (χ3n) is 9.03. The molecule has 1 fully saturated rings. The first-order valence-corrected chi connectivity index (χ1v) is 17.9. The van der Waals surface area contributed by atoms with Crippen LogP contribution in [0.25, 0.3) is 22.4 Å². The first kappa shape index (κ1) is 40.8. The standard InChI is InChI=1S/C38H44F3N9O6/c1-21(2)32(49-37(54)55-5)35(52)50-16-6-7-29(50)33-45-20-28(48-33)24-10-8-23(9-11-24)27-14-13-26(17-30(27)56-38(39,40)41)47-34(51)25-12-15-31(44-19-25)43-18-22(3)46-36(53)42-4/h8-15,17,19-22,29,32H,6-7,16,18H2,1-5H3,(H,43,44)(H,45,48)(H,47,51)(H,49,54)(H2,42,46,53)/t22-,29-,32-/m0/s1. The van der Waals surface area contributed by atoms with Crippen molar-refractivity contribution < 1.29 is 41.8 Å². The summed E-state index contributed by atoms with van der Waals surface area (Å²) in [5.41, 5.74) is 2.11. The number of hydrogen-bond acceptors (Lipinski definition) is 9. The Morgan fingerprint density at radius 3 is 2.34 bits per heavy atom. The highest BCUT2D eigenvalue weighted by molar-refractivity contribution is 6.04. The van der Waals surface area contributed by atoms with E-state index < -0.39 is 30.2 Å². The smallest absolute Gasteiger partial charge is 0.453 e. The number of pyridine rings is 1. The Morgan fingerprint density at radius 2 is 1.70 bits per heavy atom. The molecule has 15 nitrogen and oxygen atoms in total. The van der Waals surface area contributed by atoms with Crippen molar-refractivity contribution in [3.05, 3.63) is 78.4 Å². The van der Waals surface area contributed by atoms with Crippen molar-refractivity contribution in [1.82, 2.24) is 35.8 Å². The topological polar surface area (TPSA) is 192 Å². The second-order valence-corrected chi connectivity index (χ2v) is 13.5. The molecule has 0 unspecified atom stereocenters. The molecule has 3 heterocycles. The zero-order valence-electron chi connectivity index (χ0n) is 31.4. The minimum atomic E-state index is -5.01. The fourth-order valence-corrected chi connectivity index (χ4v) is 6.16. The summed E-state index contributed by atoms with van der Waals surface area (Å²) >= 11 is 0. The number of benzene rings is 2. The Bertz CT molecular complexity index is 2010. The molecule has 1 saturated heterocycles. The van der Waals surface area contributed by atoms with Crippen LogP contribution in [-0.4, -0.2) is 89.5 Å². The van der Waals surface area contributed by atoms with E-state index in [-0.39, 0.29) is 46.8 Å². The largest absolute Gasteiger partial charge is 0.573 e. The average molecular weight is 780 g/mol. The van der Waals surface area contributed by atoms with Crippen LogP contribution in [0.1, 0.15) is 55.8 Å². The number of imidazole rings is 1. The molecule has 1 aliphatic heterocycles. The maximum Gasteiger partial charge on any atom is 0.573 e. The van der Waals surface area contributed by atoms with Crippen molar-refractivity contribution in [2.24, 2.45) is 5.92 Å². The summed E-state index contributed by atoms with van der Waals surface area (Å²) in [7, 11) is 2.74. The second kappa shape index (κ2) is 17.9. The number of urea groups is 1. The number of methoxy groups -OCH3 is 1. The molecule has 18 heteroatoms. The summed E-state index contributed by atoms with van der Waals surface area (Å²) in [5.74, 6) is -0.519. The number of ether oxygens (including phenoxy) is 2. The van der Waals surface area contributed by atoms with Crippen molar-refractivity contribution in [2.45, 2.75) is 58.1 Å². The monoisotopic (exact) mass is 779 g/mol. The lowest BCUT2D eigenvalue weighted by Gasteiger charge is -2.30. The van der Waals surface area contributed by atoms with Gasteiger partial charge in [-0.1, -0.05) is 38.1 Å². The normalized spacial score (nSPS) is 15.1. The number of anilines is 2. The highest BCUT2D eigenvalue weighted by atomic mass is 19.4. The van der Waals surface area contributed by atoms with E-state index in [1.807, 2.05) is 13.8 Å².